The molecule has 0 saturated heterocycles. The van der Waals surface area contributed by atoms with Gasteiger partial charge in [-0.1, -0.05) is 35.0 Å². The number of carbonyl (C=O) groups is 1. The first-order chi connectivity index (χ1) is 15.6. The van der Waals surface area contributed by atoms with Gasteiger partial charge in [0.1, 0.15) is 5.03 Å². The van der Waals surface area contributed by atoms with Crippen LogP contribution >= 0.6 is 23.4 Å². The molecule has 7 heteroatoms. The van der Waals surface area contributed by atoms with Crippen LogP contribution in [0.5, 0.6) is 0 Å². The predicted molar refractivity (Wildman–Crippen MR) is 129 cm³/mol. The van der Waals surface area contributed by atoms with E-state index < -0.39 is 0 Å². The largest absolute Gasteiger partial charge is 0.352 e. The maximum absolute atomic E-state index is 12.5. The summed E-state index contributed by atoms with van der Waals surface area (Å²) in [7, 11) is 0. The van der Waals surface area contributed by atoms with Crippen LogP contribution in [0.1, 0.15) is 42.5 Å². The highest BCUT2D eigenvalue weighted by molar-refractivity contribution is 7.99. The highest BCUT2D eigenvalue weighted by atomic mass is 35.5. The van der Waals surface area contributed by atoms with Crippen LogP contribution in [-0.2, 0) is 0 Å². The first-order valence-electron chi connectivity index (χ1n) is 10.7. The zero-order valence-corrected chi connectivity index (χ0v) is 19.2. The van der Waals surface area contributed by atoms with Crippen LogP contribution in [0.15, 0.2) is 87.0 Å². The van der Waals surface area contributed by atoms with Gasteiger partial charge in [-0.05, 0) is 86.7 Å². The normalized spacial score (nSPS) is 13.5. The Labute approximate surface area is 196 Å². The van der Waals surface area contributed by atoms with Gasteiger partial charge in [0.25, 0.3) is 11.5 Å². The summed E-state index contributed by atoms with van der Waals surface area (Å²) < 4.78 is 1.34. The highest BCUT2D eigenvalue weighted by Crippen LogP contribution is 2.26. The number of benzene rings is 2. The summed E-state index contributed by atoms with van der Waals surface area (Å²) in [5, 5.41) is 8.80. The maximum Gasteiger partial charge on any atom is 0.271 e. The molecule has 0 bridgehead atoms. The summed E-state index contributed by atoms with van der Waals surface area (Å²) in [6.07, 6.45) is 8.01. The van der Waals surface area contributed by atoms with Crippen molar-refractivity contribution >= 4 is 29.3 Å². The van der Waals surface area contributed by atoms with E-state index in [-0.39, 0.29) is 11.5 Å². The molecule has 0 radical (unpaired) electrons. The molecular weight excluding hydrogens is 442 g/mol. The van der Waals surface area contributed by atoms with Gasteiger partial charge in [-0.25, -0.2) is 0 Å². The molecule has 0 aliphatic heterocycles. The lowest BCUT2D eigenvalue weighted by atomic mass is 9.97. The van der Waals surface area contributed by atoms with Gasteiger partial charge in [0.15, 0.2) is 0 Å². The van der Waals surface area contributed by atoms with Crippen molar-refractivity contribution in [2.75, 3.05) is 6.54 Å². The van der Waals surface area contributed by atoms with Gasteiger partial charge in [0, 0.05) is 28.1 Å². The number of halogens is 1. The fourth-order valence-corrected chi connectivity index (χ4v) is 4.48. The highest BCUT2D eigenvalue weighted by Gasteiger charge is 2.09. The zero-order chi connectivity index (χ0) is 22.3. The van der Waals surface area contributed by atoms with Crippen molar-refractivity contribution in [3.8, 4) is 5.69 Å². The number of allylic oxidation sites excluding steroid dienone is 1. The number of amides is 1. The first kappa shape index (κ1) is 22.4. The Bertz CT molecular complexity index is 1170. The second-order valence-electron chi connectivity index (χ2n) is 7.64. The molecule has 164 valence electrons. The van der Waals surface area contributed by atoms with Crippen LogP contribution in [0.2, 0.25) is 5.02 Å². The van der Waals surface area contributed by atoms with Crippen molar-refractivity contribution in [2.45, 2.75) is 42.0 Å². The maximum atomic E-state index is 12.5. The number of rotatable bonds is 7. The number of hydrogen-bond acceptors (Lipinski definition) is 4. The molecule has 0 saturated carbocycles. The van der Waals surface area contributed by atoms with Crippen molar-refractivity contribution in [1.29, 1.82) is 0 Å². The van der Waals surface area contributed by atoms with Gasteiger partial charge in [-0.2, -0.15) is 9.78 Å². The monoisotopic (exact) mass is 465 g/mol. The molecule has 0 fully saturated rings. The molecular formula is C25H24ClN3O2S. The summed E-state index contributed by atoms with van der Waals surface area (Å²) in [5.74, 6) is -0.111. The molecule has 5 nitrogen and oxygen atoms in total. The van der Waals surface area contributed by atoms with E-state index in [0.29, 0.717) is 27.8 Å². The molecule has 4 rings (SSSR count). The number of nitrogens with one attached hydrogen (secondary N) is 1. The summed E-state index contributed by atoms with van der Waals surface area (Å²) in [6.45, 7) is 0.636. The van der Waals surface area contributed by atoms with E-state index in [4.69, 9.17) is 11.6 Å². The van der Waals surface area contributed by atoms with Gasteiger partial charge in [0.05, 0.1) is 5.69 Å². The van der Waals surface area contributed by atoms with Crippen molar-refractivity contribution in [3.63, 3.8) is 0 Å². The molecule has 0 atom stereocenters. The molecule has 3 aromatic rings. The second kappa shape index (κ2) is 10.7. The quantitative estimate of drug-likeness (QED) is 0.457. The summed E-state index contributed by atoms with van der Waals surface area (Å²) in [4.78, 5) is 25.8. The van der Waals surface area contributed by atoms with Gasteiger partial charge in [-0.3, -0.25) is 9.59 Å². The minimum atomic E-state index is -0.233. The molecule has 1 aromatic heterocycles. The van der Waals surface area contributed by atoms with Crippen molar-refractivity contribution in [1.82, 2.24) is 15.1 Å². The smallest absolute Gasteiger partial charge is 0.271 e. The van der Waals surface area contributed by atoms with E-state index in [0.717, 1.165) is 24.2 Å². The van der Waals surface area contributed by atoms with E-state index in [9.17, 15) is 9.59 Å². The fourth-order valence-electron chi connectivity index (χ4n) is 3.58. The van der Waals surface area contributed by atoms with E-state index >= 15 is 0 Å². The van der Waals surface area contributed by atoms with Gasteiger partial charge in [-0.15, -0.1) is 0 Å². The Morgan fingerprint density at radius 3 is 2.53 bits per heavy atom. The van der Waals surface area contributed by atoms with Crippen LogP contribution in [0.4, 0.5) is 0 Å². The SMILES string of the molecule is O=C(NCCC1=CCCCC1)c1ccc(-n2nc(Sc3ccc(Cl)cc3)ccc2=O)cc1. The lowest BCUT2D eigenvalue weighted by Gasteiger charge is -2.13. The lowest BCUT2D eigenvalue weighted by molar-refractivity contribution is 0.0954. The van der Waals surface area contributed by atoms with Crippen LogP contribution in [0.3, 0.4) is 0 Å². The minimum absolute atomic E-state index is 0.111. The predicted octanol–water partition coefficient (Wildman–Crippen LogP) is 5.66. The Kier molecular flexibility index (Phi) is 7.45. The van der Waals surface area contributed by atoms with Gasteiger partial charge in [0.2, 0.25) is 0 Å². The standard InChI is InChI=1S/C25H24ClN3O2S/c26-20-8-12-22(13-9-20)32-23-14-15-24(30)29(28-23)21-10-6-19(7-11-21)25(31)27-17-16-18-4-2-1-3-5-18/h4,6-15H,1-3,5,16-17H2,(H,27,31). The Hall–Kier alpha value is -2.83. The third-order valence-electron chi connectivity index (χ3n) is 5.30. The average Bonchev–Trinajstić information content (AvgIpc) is 2.82. The lowest BCUT2D eigenvalue weighted by Crippen LogP contribution is -2.25. The third-order valence-corrected chi connectivity index (χ3v) is 6.49. The van der Waals surface area contributed by atoms with Crippen molar-refractivity contribution in [3.05, 3.63) is 93.3 Å². The molecule has 2 aromatic carbocycles. The molecule has 0 unspecified atom stereocenters. The Morgan fingerprint density at radius 2 is 1.81 bits per heavy atom. The van der Waals surface area contributed by atoms with Crippen molar-refractivity contribution in [2.24, 2.45) is 0 Å². The second-order valence-corrected chi connectivity index (χ2v) is 9.17. The van der Waals surface area contributed by atoms with Crippen LogP contribution in [0.25, 0.3) is 5.69 Å². The van der Waals surface area contributed by atoms with Crippen LogP contribution in [-0.4, -0.2) is 22.2 Å². The molecule has 0 spiro atoms. The average molecular weight is 466 g/mol. The molecule has 32 heavy (non-hydrogen) atoms. The zero-order valence-electron chi connectivity index (χ0n) is 17.6. The van der Waals surface area contributed by atoms with E-state index in [1.54, 1.807) is 30.3 Å². The van der Waals surface area contributed by atoms with Gasteiger partial charge >= 0.3 is 0 Å². The van der Waals surface area contributed by atoms with Gasteiger partial charge < -0.3 is 5.32 Å². The molecule has 1 aliphatic rings. The number of hydrogen-bond donors (Lipinski definition) is 1. The van der Waals surface area contributed by atoms with E-state index in [2.05, 4.69) is 16.5 Å². The topological polar surface area (TPSA) is 64.0 Å². The fraction of sp³-hybridized carbons (Fsp3) is 0.240. The Morgan fingerprint density at radius 1 is 1.03 bits per heavy atom. The van der Waals surface area contributed by atoms with E-state index in [1.165, 1.54) is 40.9 Å². The van der Waals surface area contributed by atoms with Crippen LogP contribution in [0, 0.1) is 0 Å². The first-order valence-corrected chi connectivity index (χ1v) is 11.9. The van der Waals surface area contributed by atoms with Crippen molar-refractivity contribution < 1.29 is 4.79 Å². The van der Waals surface area contributed by atoms with E-state index in [1.807, 2.05) is 24.3 Å². The summed E-state index contributed by atoms with van der Waals surface area (Å²) in [6, 6.07) is 17.5. The minimum Gasteiger partial charge on any atom is -0.352 e. The summed E-state index contributed by atoms with van der Waals surface area (Å²) in [5.41, 5.74) is 2.38. The Balaban J connectivity index is 1.41. The summed E-state index contributed by atoms with van der Waals surface area (Å²) >= 11 is 7.38. The number of nitrogens with zero attached hydrogens (tertiary/aromatic N) is 2. The number of aromatic nitrogens is 2. The van der Waals surface area contributed by atoms with Crippen LogP contribution < -0.4 is 10.9 Å². The number of carbonyl (C=O) groups excluding carboxylic acids is 1. The molecule has 1 N–H and O–H groups in total. The molecule has 1 aliphatic carbocycles. The molecule has 1 heterocycles. The molecule has 1 amide bonds. The third kappa shape index (κ3) is 5.90.